The Kier molecular flexibility index (Phi) is 7.50. The number of aromatic amines is 1. The van der Waals surface area contributed by atoms with Crippen molar-refractivity contribution in [1.29, 1.82) is 0 Å². The van der Waals surface area contributed by atoms with Crippen LogP contribution >= 0.6 is 0 Å². The molecule has 226 valence electrons. The molecule has 0 bridgehead atoms. The molecule has 5 aromatic rings. The second-order valence-corrected chi connectivity index (χ2v) is 12.2. The van der Waals surface area contributed by atoms with Gasteiger partial charge in [-0.05, 0) is 36.4 Å². The van der Waals surface area contributed by atoms with E-state index in [1.165, 1.54) is 7.11 Å². The Morgan fingerprint density at radius 1 is 0.977 bits per heavy atom. The van der Waals surface area contributed by atoms with Crippen LogP contribution in [0.2, 0.25) is 0 Å². The fourth-order valence-electron chi connectivity index (χ4n) is 5.32. The standard InChI is InChI=1S/C29H31N5O8S/c1-41-21-12-15(34-43(2,39)40)8-10-20(21)33-23-16-5-3-4-6-18(16)31-24-17-11-14(7-9-19(17)32-25(23)24)30-29-28(38)27(37)26(36)22(13-35)42-29/h3-12,22,26-30,32,34-38H,13H2,1-2H3,(H,31,33)/t22-,26-,27+,28-,29-/m1/s1. The fourth-order valence-corrected chi connectivity index (χ4v) is 5.88. The number of H-pyrrole nitrogens is 1. The number of rotatable bonds is 8. The summed E-state index contributed by atoms with van der Waals surface area (Å²) in [6.07, 6.45) is -5.45. The molecule has 2 aromatic heterocycles. The van der Waals surface area contributed by atoms with Gasteiger partial charge >= 0.3 is 0 Å². The van der Waals surface area contributed by atoms with E-state index in [9.17, 15) is 28.8 Å². The van der Waals surface area contributed by atoms with Crippen LogP contribution in [0.25, 0.3) is 32.8 Å². The maximum atomic E-state index is 11.7. The molecule has 0 saturated carbocycles. The largest absolute Gasteiger partial charge is 0.494 e. The summed E-state index contributed by atoms with van der Waals surface area (Å²) >= 11 is 0. The molecule has 0 aliphatic carbocycles. The van der Waals surface area contributed by atoms with Crippen LogP contribution in [0.4, 0.5) is 22.7 Å². The van der Waals surface area contributed by atoms with Gasteiger partial charge in [0, 0.05) is 28.0 Å². The molecule has 6 rings (SSSR count). The van der Waals surface area contributed by atoms with E-state index in [0.717, 1.165) is 33.7 Å². The maximum Gasteiger partial charge on any atom is 0.229 e. The molecular formula is C29H31N5O8S. The molecule has 3 heterocycles. The van der Waals surface area contributed by atoms with Crippen LogP contribution in [0.5, 0.6) is 5.75 Å². The first-order valence-electron chi connectivity index (χ1n) is 13.4. The van der Waals surface area contributed by atoms with Crippen molar-refractivity contribution >= 4 is 65.6 Å². The Bertz CT molecular complexity index is 1930. The first-order valence-corrected chi connectivity index (χ1v) is 15.3. The zero-order valence-corrected chi connectivity index (χ0v) is 24.0. The molecular weight excluding hydrogens is 578 g/mol. The number of methoxy groups -OCH3 is 1. The highest BCUT2D eigenvalue weighted by atomic mass is 32.2. The number of hydrogen-bond donors (Lipinski definition) is 8. The molecule has 8 N–H and O–H groups in total. The number of benzene rings is 3. The third kappa shape index (κ3) is 5.51. The van der Waals surface area contributed by atoms with Crippen LogP contribution < -0.4 is 20.1 Å². The number of hydrogen-bond acceptors (Lipinski definition) is 11. The monoisotopic (exact) mass is 609 g/mol. The van der Waals surface area contributed by atoms with Gasteiger partial charge in [-0.25, -0.2) is 13.4 Å². The Morgan fingerprint density at radius 2 is 1.74 bits per heavy atom. The van der Waals surface area contributed by atoms with Gasteiger partial charge in [0.2, 0.25) is 10.0 Å². The highest BCUT2D eigenvalue weighted by molar-refractivity contribution is 7.92. The lowest BCUT2D eigenvalue weighted by atomic mass is 9.98. The lowest BCUT2D eigenvalue weighted by Gasteiger charge is -2.40. The second-order valence-electron chi connectivity index (χ2n) is 10.4. The van der Waals surface area contributed by atoms with Crippen molar-refractivity contribution in [3.63, 3.8) is 0 Å². The van der Waals surface area contributed by atoms with Crippen molar-refractivity contribution in [2.45, 2.75) is 30.6 Å². The summed E-state index contributed by atoms with van der Waals surface area (Å²) in [5, 5.41) is 48.4. The van der Waals surface area contributed by atoms with Gasteiger partial charge in [-0.3, -0.25) is 4.72 Å². The van der Waals surface area contributed by atoms with Gasteiger partial charge in [-0.2, -0.15) is 0 Å². The summed E-state index contributed by atoms with van der Waals surface area (Å²) in [6.45, 7) is -0.529. The van der Waals surface area contributed by atoms with E-state index >= 15 is 0 Å². The van der Waals surface area contributed by atoms with E-state index in [2.05, 4.69) is 20.3 Å². The molecule has 1 aliphatic rings. The number of aliphatic hydroxyl groups excluding tert-OH is 4. The highest BCUT2D eigenvalue weighted by Crippen LogP contribution is 2.39. The van der Waals surface area contributed by atoms with Gasteiger partial charge in [0.15, 0.2) is 6.23 Å². The van der Waals surface area contributed by atoms with Crippen molar-refractivity contribution in [3.8, 4) is 5.75 Å². The third-order valence-corrected chi connectivity index (χ3v) is 8.00. The van der Waals surface area contributed by atoms with Gasteiger partial charge in [-0.15, -0.1) is 0 Å². The van der Waals surface area contributed by atoms with Crippen molar-refractivity contribution in [2.24, 2.45) is 0 Å². The molecule has 0 spiro atoms. The number of anilines is 4. The maximum absolute atomic E-state index is 11.7. The molecule has 14 heteroatoms. The summed E-state index contributed by atoms with van der Waals surface area (Å²) in [6, 6.07) is 18.0. The van der Waals surface area contributed by atoms with Crippen LogP contribution in [0, 0.1) is 0 Å². The molecule has 0 radical (unpaired) electrons. The number of nitrogens with one attached hydrogen (secondary N) is 4. The third-order valence-electron chi connectivity index (χ3n) is 7.39. The zero-order valence-electron chi connectivity index (χ0n) is 23.1. The molecule has 1 aliphatic heterocycles. The minimum atomic E-state index is -3.47. The number of ether oxygens (including phenoxy) is 2. The molecule has 1 saturated heterocycles. The topological polar surface area (TPSA) is 198 Å². The zero-order chi connectivity index (χ0) is 30.5. The van der Waals surface area contributed by atoms with Crippen molar-refractivity contribution in [3.05, 3.63) is 60.7 Å². The fraction of sp³-hybridized carbons (Fsp3) is 0.276. The second kappa shape index (κ2) is 11.1. The SMILES string of the molecule is COc1cc(NS(C)(=O)=O)ccc1Nc1c2ccccc2nc2c1[nH]c1ccc(N[C@@H]3O[C@H](CO)[C@@H](O)[C@H](O)[C@H]3O)cc12. The summed E-state index contributed by atoms with van der Waals surface area (Å²) in [7, 11) is -1.97. The minimum Gasteiger partial charge on any atom is -0.494 e. The number of para-hydroxylation sites is 1. The number of nitrogens with zero attached hydrogens (tertiary/aromatic N) is 1. The highest BCUT2D eigenvalue weighted by Gasteiger charge is 2.43. The molecule has 5 atom stereocenters. The lowest BCUT2D eigenvalue weighted by molar-refractivity contribution is -0.221. The summed E-state index contributed by atoms with van der Waals surface area (Å²) in [4.78, 5) is 8.36. The summed E-state index contributed by atoms with van der Waals surface area (Å²) in [5.41, 5.74) is 5.10. The predicted octanol–water partition coefficient (Wildman–Crippen LogP) is 2.20. The van der Waals surface area contributed by atoms with Gasteiger partial charge in [0.25, 0.3) is 0 Å². The smallest absolute Gasteiger partial charge is 0.229 e. The van der Waals surface area contributed by atoms with Crippen molar-refractivity contribution in [1.82, 2.24) is 9.97 Å². The average Bonchev–Trinajstić information content (AvgIpc) is 3.34. The summed E-state index contributed by atoms with van der Waals surface area (Å²) < 4.78 is 37.1. The molecule has 0 amide bonds. The molecule has 13 nitrogen and oxygen atoms in total. The average molecular weight is 610 g/mol. The van der Waals surface area contributed by atoms with E-state index in [-0.39, 0.29) is 0 Å². The van der Waals surface area contributed by atoms with Crippen LogP contribution in [-0.2, 0) is 14.8 Å². The van der Waals surface area contributed by atoms with Gasteiger partial charge in [0.05, 0.1) is 53.6 Å². The molecule has 3 aromatic carbocycles. The first kappa shape index (κ1) is 28.9. The van der Waals surface area contributed by atoms with Crippen LogP contribution in [0.1, 0.15) is 0 Å². The number of aromatic nitrogens is 2. The minimum absolute atomic E-state index is 0.361. The van der Waals surface area contributed by atoms with E-state index in [1.54, 1.807) is 24.3 Å². The molecule has 1 fully saturated rings. The Labute approximate surface area is 246 Å². The number of fused-ring (bicyclic) bond motifs is 4. The normalized spacial score (nSPS) is 22.6. The van der Waals surface area contributed by atoms with Crippen LogP contribution in [-0.4, -0.2) is 89.4 Å². The van der Waals surface area contributed by atoms with Crippen molar-refractivity contribution < 1.29 is 38.3 Å². The van der Waals surface area contributed by atoms with Gasteiger partial charge in [-0.1, -0.05) is 18.2 Å². The molecule has 0 unspecified atom stereocenters. The summed E-state index contributed by atoms with van der Waals surface area (Å²) in [5.74, 6) is 0.421. The lowest BCUT2D eigenvalue weighted by Crippen LogP contribution is -2.60. The number of aliphatic hydroxyl groups is 4. The Morgan fingerprint density at radius 3 is 2.49 bits per heavy atom. The predicted molar refractivity (Wildman–Crippen MR) is 163 cm³/mol. The van der Waals surface area contributed by atoms with Crippen molar-refractivity contribution in [2.75, 3.05) is 35.3 Å². The van der Waals surface area contributed by atoms with Gasteiger partial charge in [0.1, 0.15) is 30.2 Å². The van der Waals surface area contributed by atoms with E-state index in [1.807, 2.05) is 36.4 Å². The van der Waals surface area contributed by atoms with Crippen LogP contribution in [0.15, 0.2) is 60.7 Å². The van der Waals surface area contributed by atoms with E-state index in [0.29, 0.717) is 33.8 Å². The number of sulfonamides is 1. The van der Waals surface area contributed by atoms with E-state index < -0.39 is 47.3 Å². The Hall–Kier alpha value is -4.18. The van der Waals surface area contributed by atoms with E-state index in [4.69, 9.17) is 14.5 Å². The van der Waals surface area contributed by atoms with Gasteiger partial charge < -0.3 is 45.5 Å². The number of pyridine rings is 1. The Balaban J connectivity index is 1.42. The first-order chi connectivity index (χ1) is 20.6. The molecule has 43 heavy (non-hydrogen) atoms. The quantitative estimate of drug-likeness (QED) is 0.128. The van der Waals surface area contributed by atoms with Crippen LogP contribution in [0.3, 0.4) is 0 Å².